The number of likely N-dealkylation sites (tertiary alicyclic amines) is 1. The number of thiophene rings is 1. The van der Waals surface area contributed by atoms with Crippen molar-refractivity contribution in [1.29, 1.82) is 0 Å². The Morgan fingerprint density at radius 2 is 1.85 bits per heavy atom. The van der Waals surface area contributed by atoms with Crippen molar-refractivity contribution in [3.63, 3.8) is 0 Å². The molecule has 4 nitrogen and oxygen atoms in total. The van der Waals surface area contributed by atoms with Gasteiger partial charge in [-0.25, -0.2) is 0 Å². The van der Waals surface area contributed by atoms with Crippen molar-refractivity contribution in [1.82, 2.24) is 0 Å². The molecule has 0 atom stereocenters. The van der Waals surface area contributed by atoms with Crippen molar-refractivity contribution in [3.05, 3.63) is 50.9 Å². The van der Waals surface area contributed by atoms with Gasteiger partial charge < -0.3 is 10.2 Å². The zero-order valence-electron chi connectivity index (χ0n) is 15.3. The highest BCUT2D eigenvalue weighted by molar-refractivity contribution is 7.17. The number of halogens is 1. The molecule has 2 aliphatic rings. The summed E-state index contributed by atoms with van der Waals surface area (Å²) in [5, 5.41) is 4.21. The van der Waals surface area contributed by atoms with Gasteiger partial charge in [0.15, 0.2) is 12.3 Å². The summed E-state index contributed by atoms with van der Waals surface area (Å²) in [4.78, 5) is 28.4. The summed E-state index contributed by atoms with van der Waals surface area (Å²) in [6, 6.07) is 7.14. The quantitative estimate of drug-likeness (QED) is 0.753. The van der Waals surface area contributed by atoms with Crippen LogP contribution in [-0.2, 0) is 17.6 Å². The van der Waals surface area contributed by atoms with Crippen molar-refractivity contribution in [3.8, 4) is 0 Å². The van der Waals surface area contributed by atoms with Crippen molar-refractivity contribution < 1.29 is 14.5 Å². The molecule has 4 rings (SSSR count). The number of aryl methyl sites for hydroxylation is 1. The van der Waals surface area contributed by atoms with E-state index in [1.165, 1.54) is 29.0 Å². The number of nitrogens with one attached hydrogen (secondary N) is 2. The van der Waals surface area contributed by atoms with E-state index in [0.29, 0.717) is 27.7 Å². The van der Waals surface area contributed by atoms with Gasteiger partial charge in [-0.1, -0.05) is 23.7 Å². The highest BCUT2D eigenvalue weighted by Crippen LogP contribution is 2.40. The summed E-state index contributed by atoms with van der Waals surface area (Å²) in [5.74, 6) is -0.0827. The standard InChI is InChI=1S/C21H23ClN2O2S/c22-16-9-3-2-7-14(16)20(26)19-15-8-6-10-17(15)27-21(19)23-18(25)13-24-11-4-1-5-12-24/h2-3,7,9H,1,4-6,8,10-13H2,(H,23,25)/p+1. The van der Waals surface area contributed by atoms with E-state index in [1.54, 1.807) is 23.5 Å². The summed E-state index contributed by atoms with van der Waals surface area (Å²) in [6.45, 7) is 2.59. The number of ketones is 1. The lowest BCUT2D eigenvalue weighted by Crippen LogP contribution is -3.13. The highest BCUT2D eigenvalue weighted by Gasteiger charge is 2.29. The van der Waals surface area contributed by atoms with Gasteiger partial charge in [0.05, 0.1) is 23.7 Å². The minimum absolute atomic E-state index is 0.0000297. The van der Waals surface area contributed by atoms with E-state index in [0.717, 1.165) is 37.9 Å². The second-order valence-electron chi connectivity index (χ2n) is 7.41. The Morgan fingerprint density at radius 3 is 2.63 bits per heavy atom. The number of piperidine rings is 1. The number of fused-ring (bicyclic) bond motifs is 1. The van der Waals surface area contributed by atoms with Crippen LogP contribution in [0.25, 0.3) is 0 Å². The third kappa shape index (κ3) is 3.96. The van der Waals surface area contributed by atoms with E-state index in [9.17, 15) is 9.59 Å². The number of benzene rings is 1. The maximum Gasteiger partial charge on any atom is 0.280 e. The zero-order chi connectivity index (χ0) is 18.8. The molecule has 2 heterocycles. The molecule has 0 unspecified atom stereocenters. The number of hydrogen-bond acceptors (Lipinski definition) is 3. The fourth-order valence-corrected chi connectivity index (χ4v) is 5.66. The molecule has 1 aromatic heterocycles. The number of carbonyl (C=O) groups is 2. The molecule has 0 spiro atoms. The van der Waals surface area contributed by atoms with E-state index in [1.807, 2.05) is 12.1 Å². The van der Waals surface area contributed by atoms with Crippen LogP contribution in [0.3, 0.4) is 0 Å². The molecule has 1 saturated heterocycles. The summed E-state index contributed by atoms with van der Waals surface area (Å²) in [7, 11) is 0. The van der Waals surface area contributed by atoms with Gasteiger partial charge in [-0.2, -0.15) is 0 Å². The molecule has 0 saturated carbocycles. The Hall–Kier alpha value is -1.69. The van der Waals surface area contributed by atoms with Crippen LogP contribution in [-0.4, -0.2) is 31.3 Å². The molecule has 1 fully saturated rings. The lowest BCUT2D eigenvalue weighted by atomic mass is 10.00. The summed E-state index contributed by atoms with van der Waals surface area (Å²) in [6.07, 6.45) is 6.58. The summed E-state index contributed by atoms with van der Waals surface area (Å²) >= 11 is 7.83. The monoisotopic (exact) mass is 403 g/mol. The van der Waals surface area contributed by atoms with E-state index < -0.39 is 0 Å². The minimum atomic E-state index is -0.0828. The Bertz CT molecular complexity index is 871. The average Bonchev–Trinajstić information content (AvgIpc) is 3.23. The molecule has 2 aromatic rings. The van der Waals surface area contributed by atoms with Gasteiger partial charge in [0.25, 0.3) is 5.91 Å². The van der Waals surface area contributed by atoms with Gasteiger partial charge in [0.2, 0.25) is 0 Å². The van der Waals surface area contributed by atoms with E-state index >= 15 is 0 Å². The van der Waals surface area contributed by atoms with Crippen molar-refractivity contribution in [2.24, 2.45) is 0 Å². The van der Waals surface area contributed by atoms with Gasteiger partial charge in [-0.05, 0) is 56.2 Å². The number of rotatable bonds is 5. The smallest absolute Gasteiger partial charge is 0.280 e. The lowest BCUT2D eigenvalue weighted by Gasteiger charge is -2.22. The fraction of sp³-hybridized carbons (Fsp3) is 0.429. The van der Waals surface area contributed by atoms with Crippen LogP contribution in [0.2, 0.25) is 5.02 Å². The summed E-state index contributed by atoms with van der Waals surface area (Å²) in [5.41, 5.74) is 2.26. The first-order valence-corrected chi connectivity index (χ1v) is 10.9. The number of carbonyl (C=O) groups excluding carboxylic acids is 2. The van der Waals surface area contributed by atoms with Crippen LogP contribution in [0.15, 0.2) is 24.3 Å². The molecule has 1 amide bonds. The first-order valence-electron chi connectivity index (χ1n) is 9.70. The zero-order valence-corrected chi connectivity index (χ0v) is 16.8. The Labute approximate surface area is 168 Å². The van der Waals surface area contributed by atoms with Crippen LogP contribution in [0.5, 0.6) is 0 Å². The first-order chi connectivity index (χ1) is 13.1. The molecule has 27 heavy (non-hydrogen) atoms. The number of anilines is 1. The molecule has 6 heteroatoms. The van der Waals surface area contributed by atoms with Crippen molar-refractivity contribution in [2.45, 2.75) is 38.5 Å². The highest BCUT2D eigenvalue weighted by atomic mass is 35.5. The van der Waals surface area contributed by atoms with Gasteiger partial charge in [-0.3, -0.25) is 9.59 Å². The summed E-state index contributed by atoms with van der Waals surface area (Å²) < 4.78 is 0. The predicted molar refractivity (Wildman–Crippen MR) is 109 cm³/mol. The maximum absolute atomic E-state index is 13.2. The molecular formula is C21H24ClN2O2S+. The van der Waals surface area contributed by atoms with E-state index in [4.69, 9.17) is 11.6 Å². The largest absolute Gasteiger partial charge is 0.327 e. The van der Waals surface area contributed by atoms with Crippen LogP contribution in [0, 0.1) is 0 Å². The third-order valence-corrected chi connectivity index (χ3v) is 7.03. The fourth-order valence-electron chi connectivity index (χ4n) is 4.14. The average molecular weight is 404 g/mol. The van der Waals surface area contributed by atoms with E-state index in [2.05, 4.69) is 5.32 Å². The number of amides is 1. The van der Waals surface area contributed by atoms with E-state index in [-0.39, 0.29) is 11.7 Å². The van der Waals surface area contributed by atoms with Crippen LogP contribution in [0.4, 0.5) is 5.00 Å². The molecule has 1 aliphatic heterocycles. The van der Waals surface area contributed by atoms with Crippen LogP contribution >= 0.6 is 22.9 Å². The maximum atomic E-state index is 13.2. The Kier molecular flexibility index (Phi) is 5.62. The molecular weight excluding hydrogens is 380 g/mol. The van der Waals surface area contributed by atoms with Gasteiger partial charge in [-0.15, -0.1) is 11.3 Å². The normalized spacial score (nSPS) is 16.9. The lowest BCUT2D eigenvalue weighted by molar-refractivity contribution is -0.896. The minimum Gasteiger partial charge on any atom is -0.327 e. The van der Waals surface area contributed by atoms with Gasteiger partial charge >= 0.3 is 0 Å². The SMILES string of the molecule is O=C(C[NH+]1CCCCC1)Nc1sc2c(c1C(=O)c1ccccc1Cl)CCC2. The topological polar surface area (TPSA) is 50.6 Å². The van der Waals surface area contributed by atoms with Crippen LogP contribution < -0.4 is 10.2 Å². The van der Waals surface area contributed by atoms with Crippen LogP contribution in [0.1, 0.15) is 52.0 Å². The number of quaternary nitrogens is 1. The van der Waals surface area contributed by atoms with Gasteiger partial charge in [0, 0.05) is 10.4 Å². The van der Waals surface area contributed by atoms with Crippen molar-refractivity contribution >= 4 is 39.6 Å². The first kappa shape index (κ1) is 18.7. The van der Waals surface area contributed by atoms with Crippen molar-refractivity contribution in [2.75, 3.05) is 25.0 Å². The third-order valence-electron chi connectivity index (χ3n) is 5.49. The molecule has 2 N–H and O–H groups in total. The van der Waals surface area contributed by atoms with Gasteiger partial charge in [0.1, 0.15) is 5.00 Å². The second kappa shape index (κ2) is 8.13. The molecule has 0 radical (unpaired) electrons. The predicted octanol–water partition coefficient (Wildman–Crippen LogP) is 3.13. The molecule has 1 aliphatic carbocycles. The Balaban J connectivity index is 1.59. The molecule has 1 aromatic carbocycles. The Morgan fingerprint density at radius 1 is 1.07 bits per heavy atom. The number of hydrogen-bond donors (Lipinski definition) is 2. The molecule has 0 bridgehead atoms. The molecule has 142 valence electrons. The second-order valence-corrected chi connectivity index (χ2v) is 8.92.